The van der Waals surface area contributed by atoms with E-state index in [0.717, 1.165) is 48.8 Å². The largest absolute Gasteiger partial charge is 0.497 e. The van der Waals surface area contributed by atoms with Gasteiger partial charge in [-0.1, -0.05) is 124 Å². The third kappa shape index (κ3) is 9.42. The molecule has 54 heavy (non-hydrogen) atoms. The van der Waals surface area contributed by atoms with Crippen LogP contribution in [0.15, 0.2) is 109 Å². The second-order valence-electron chi connectivity index (χ2n) is 13.4. The van der Waals surface area contributed by atoms with Gasteiger partial charge in [0.25, 0.3) is 0 Å². The summed E-state index contributed by atoms with van der Waals surface area (Å²) in [5.41, 5.74) is 4.61. The van der Waals surface area contributed by atoms with E-state index in [1.807, 2.05) is 97.1 Å². The first-order valence-electron chi connectivity index (χ1n) is 18.8. The summed E-state index contributed by atoms with van der Waals surface area (Å²) in [6.45, 7) is 4.73. The molecule has 1 heterocycles. The van der Waals surface area contributed by atoms with Crippen LogP contribution in [0.3, 0.4) is 0 Å². The fraction of sp³-hybridized carbons (Fsp3) is 0.304. The van der Waals surface area contributed by atoms with Crippen molar-refractivity contribution in [3.05, 3.63) is 148 Å². The van der Waals surface area contributed by atoms with E-state index in [1.54, 1.807) is 19.2 Å². The topological polar surface area (TPSA) is 89.5 Å². The number of unbranched alkanes of at least 4 members (excludes halogenated alkanes) is 3. The van der Waals surface area contributed by atoms with Gasteiger partial charge in [0.05, 0.1) is 7.11 Å². The summed E-state index contributed by atoms with van der Waals surface area (Å²) >= 11 is 0. The lowest BCUT2D eigenvalue weighted by atomic mass is 9.97. The fourth-order valence-corrected chi connectivity index (χ4v) is 6.53. The highest BCUT2D eigenvalue weighted by atomic mass is 16.6. The zero-order chi connectivity index (χ0) is 37.7. The molecule has 0 bridgehead atoms. The number of fused-ring (bicyclic) bond motifs is 1. The Bertz CT molecular complexity index is 1990. The molecule has 0 amide bonds. The van der Waals surface area contributed by atoms with Crippen LogP contribution >= 0.6 is 0 Å². The van der Waals surface area contributed by atoms with Gasteiger partial charge in [0.2, 0.25) is 0 Å². The first-order chi connectivity index (χ1) is 26.5. The third-order valence-electron chi connectivity index (χ3n) is 9.40. The van der Waals surface area contributed by atoms with Gasteiger partial charge in [-0.15, -0.1) is 0 Å². The molecular weight excluding hydrogens is 680 g/mol. The van der Waals surface area contributed by atoms with E-state index in [2.05, 4.69) is 13.8 Å². The molecule has 5 aromatic rings. The Morgan fingerprint density at radius 2 is 1.28 bits per heavy atom. The Kier molecular flexibility index (Phi) is 13.2. The number of hydrogen-bond acceptors (Lipinski definition) is 8. The van der Waals surface area contributed by atoms with Gasteiger partial charge < -0.3 is 28.4 Å². The van der Waals surface area contributed by atoms with Crippen LogP contribution in [0.5, 0.6) is 28.7 Å². The van der Waals surface area contributed by atoms with Crippen LogP contribution in [-0.2, 0) is 35.7 Å². The van der Waals surface area contributed by atoms with Crippen molar-refractivity contribution in [3.8, 4) is 28.7 Å². The molecule has 8 nitrogen and oxygen atoms in total. The van der Waals surface area contributed by atoms with Crippen LogP contribution in [0.25, 0.3) is 0 Å². The monoisotopic (exact) mass is 728 g/mol. The SMILES string of the molecule is CCCCCc1c(Oc2cc(OC)cc3c2C(=O)OC3CCCC)c(OCc2ccccc2)cc(OCc2ccccc2)c1C(=O)OCc1ccccc1. The average molecular weight is 729 g/mol. The lowest BCUT2D eigenvalue weighted by molar-refractivity contribution is 0.0361. The van der Waals surface area contributed by atoms with E-state index in [0.29, 0.717) is 52.5 Å². The molecule has 0 radical (unpaired) electrons. The lowest BCUT2D eigenvalue weighted by Crippen LogP contribution is -2.14. The molecule has 1 aliphatic heterocycles. The van der Waals surface area contributed by atoms with E-state index >= 15 is 0 Å². The smallest absolute Gasteiger partial charge is 0.342 e. The van der Waals surface area contributed by atoms with Gasteiger partial charge in [-0.2, -0.15) is 0 Å². The minimum absolute atomic E-state index is 0.0724. The van der Waals surface area contributed by atoms with Crippen molar-refractivity contribution in [1.29, 1.82) is 0 Å². The van der Waals surface area contributed by atoms with Crippen LogP contribution in [0.2, 0.25) is 0 Å². The van der Waals surface area contributed by atoms with Crippen molar-refractivity contribution in [2.75, 3.05) is 7.11 Å². The maximum absolute atomic E-state index is 14.4. The van der Waals surface area contributed by atoms with Crippen LogP contribution < -0.4 is 18.9 Å². The highest BCUT2D eigenvalue weighted by molar-refractivity contribution is 5.98. The summed E-state index contributed by atoms with van der Waals surface area (Å²) in [4.78, 5) is 27.9. The van der Waals surface area contributed by atoms with Crippen LogP contribution in [0.1, 0.15) is 107 Å². The second-order valence-corrected chi connectivity index (χ2v) is 13.4. The Morgan fingerprint density at radius 1 is 0.685 bits per heavy atom. The van der Waals surface area contributed by atoms with Crippen molar-refractivity contribution in [3.63, 3.8) is 0 Å². The summed E-state index contributed by atoms with van der Waals surface area (Å²) in [6, 6.07) is 34.4. The van der Waals surface area contributed by atoms with Crippen molar-refractivity contribution in [1.82, 2.24) is 0 Å². The normalized spacial score (nSPS) is 13.2. The number of ether oxygens (including phenoxy) is 6. The molecular formula is C46H48O8. The number of rotatable bonds is 19. The van der Waals surface area contributed by atoms with Crippen molar-refractivity contribution in [2.24, 2.45) is 0 Å². The molecule has 0 spiro atoms. The molecule has 280 valence electrons. The molecule has 0 saturated carbocycles. The maximum Gasteiger partial charge on any atom is 0.342 e. The van der Waals surface area contributed by atoms with Crippen LogP contribution in [-0.4, -0.2) is 19.0 Å². The molecule has 0 aromatic heterocycles. The number of cyclic esters (lactones) is 1. The van der Waals surface area contributed by atoms with Crippen molar-refractivity contribution in [2.45, 2.75) is 84.7 Å². The summed E-state index contributed by atoms with van der Waals surface area (Å²) in [6.07, 6.45) is 5.19. The quantitative estimate of drug-likeness (QED) is 0.0613. The first kappa shape index (κ1) is 38.0. The lowest BCUT2D eigenvalue weighted by Gasteiger charge is -2.23. The Labute approximate surface area is 317 Å². The Balaban J connectivity index is 1.51. The minimum Gasteiger partial charge on any atom is -0.497 e. The highest BCUT2D eigenvalue weighted by Crippen LogP contribution is 2.48. The molecule has 1 unspecified atom stereocenters. The standard InChI is InChI=1S/C46H48O8/c1-4-6-11-24-36-42(45(47)52-31-34-22-16-10-17-23-34)39(50-29-32-18-12-8-13-19-32)28-41(51-30-33-20-14-9-15-21-33)44(36)53-40-27-35(49-3)26-37-38(25-7-5-2)54-46(48)43(37)40/h8-10,12-23,26-28,38H,4-7,11,24-25,29-31H2,1-3H3. The van der Waals surface area contributed by atoms with E-state index in [-0.39, 0.29) is 31.1 Å². The van der Waals surface area contributed by atoms with Gasteiger partial charge in [0, 0.05) is 23.3 Å². The molecule has 6 rings (SSSR count). The Hall–Kier alpha value is -5.76. The predicted molar refractivity (Wildman–Crippen MR) is 208 cm³/mol. The number of benzene rings is 5. The molecule has 5 aromatic carbocycles. The van der Waals surface area contributed by atoms with Crippen molar-refractivity contribution >= 4 is 11.9 Å². The number of carbonyl (C=O) groups is 2. The van der Waals surface area contributed by atoms with Gasteiger partial charge in [-0.25, -0.2) is 9.59 Å². The average Bonchev–Trinajstić information content (AvgIpc) is 3.53. The van der Waals surface area contributed by atoms with E-state index < -0.39 is 18.0 Å². The summed E-state index contributed by atoms with van der Waals surface area (Å²) in [5.74, 6) is 0.744. The summed E-state index contributed by atoms with van der Waals surface area (Å²) in [7, 11) is 1.58. The zero-order valence-electron chi connectivity index (χ0n) is 31.3. The van der Waals surface area contributed by atoms with Gasteiger partial charge in [0.1, 0.15) is 54.3 Å². The molecule has 8 heteroatoms. The first-order valence-corrected chi connectivity index (χ1v) is 18.8. The maximum atomic E-state index is 14.4. The highest BCUT2D eigenvalue weighted by Gasteiger charge is 2.36. The zero-order valence-corrected chi connectivity index (χ0v) is 31.3. The Morgan fingerprint density at radius 3 is 1.87 bits per heavy atom. The van der Waals surface area contributed by atoms with E-state index in [4.69, 9.17) is 28.4 Å². The number of methoxy groups -OCH3 is 1. The minimum atomic E-state index is -0.553. The van der Waals surface area contributed by atoms with E-state index in [1.165, 1.54) is 0 Å². The summed E-state index contributed by atoms with van der Waals surface area (Å²) in [5, 5.41) is 0. The fourth-order valence-electron chi connectivity index (χ4n) is 6.53. The van der Waals surface area contributed by atoms with Crippen LogP contribution in [0.4, 0.5) is 0 Å². The van der Waals surface area contributed by atoms with E-state index in [9.17, 15) is 9.59 Å². The van der Waals surface area contributed by atoms with Crippen molar-refractivity contribution < 1.29 is 38.0 Å². The van der Waals surface area contributed by atoms with Gasteiger partial charge in [-0.3, -0.25) is 0 Å². The van der Waals surface area contributed by atoms with Crippen LogP contribution in [0, 0.1) is 0 Å². The van der Waals surface area contributed by atoms with Gasteiger partial charge in [0.15, 0.2) is 11.5 Å². The van der Waals surface area contributed by atoms with Gasteiger partial charge in [-0.05, 0) is 48.4 Å². The molecule has 0 N–H and O–H groups in total. The molecule has 1 aliphatic rings. The van der Waals surface area contributed by atoms with Gasteiger partial charge >= 0.3 is 11.9 Å². The number of esters is 2. The summed E-state index contributed by atoms with van der Waals surface area (Å²) < 4.78 is 37.5. The molecule has 1 atom stereocenters. The molecule has 0 saturated heterocycles. The predicted octanol–water partition coefficient (Wildman–Crippen LogP) is 11.1. The molecule has 0 fully saturated rings. The third-order valence-corrected chi connectivity index (χ3v) is 9.40. The number of hydrogen-bond donors (Lipinski definition) is 0. The number of carbonyl (C=O) groups excluding carboxylic acids is 2. The second kappa shape index (κ2) is 18.8. The molecule has 0 aliphatic carbocycles.